The van der Waals surface area contributed by atoms with E-state index in [1.807, 2.05) is 26.0 Å². The summed E-state index contributed by atoms with van der Waals surface area (Å²) in [5.74, 6) is 1.47. The average molecular weight is 373 g/mol. The number of ether oxygens (including phenoxy) is 1. The molecule has 1 heterocycles. The van der Waals surface area contributed by atoms with E-state index in [0.717, 1.165) is 15.6 Å². The molecule has 0 atom stereocenters. The van der Waals surface area contributed by atoms with Crippen LogP contribution in [-0.4, -0.2) is 9.97 Å². The van der Waals surface area contributed by atoms with Crippen LogP contribution in [0, 0.1) is 13.8 Å². The number of nitrogens with zero attached hydrogens (tertiary/aromatic N) is 2. The summed E-state index contributed by atoms with van der Waals surface area (Å²) in [5, 5.41) is 0. The van der Waals surface area contributed by atoms with Gasteiger partial charge in [0.25, 0.3) is 0 Å². The van der Waals surface area contributed by atoms with E-state index in [1.165, 1.54) is 6.33 Å². The molecule has 18 heavy (non-hydrogen) atoms. The lowest BCUT2D eigenvalue weighted by Gasteiger charge is -2.10. The van der Waals surface area contributed by atoms with Crippen molar-refractivity contribution in [3.8, 4) is 11.6 Å². The zero-order chi connectivity index (χ0) is 13.3. The first-order valence-electron chi connectivity index (χ1n) is 5.19. The Morgan fingerprint density at radius 1 is 1.06 bits per heavy atom. The second-order valence-electron chi connectivity index (χ2n) is 3.85. The fraction of sp³-hybridized carbons (Fsp3) is 0.167. The molecule has 6 heteroatoms. The van der Waals surface area contributed by atoms with E-state index >= 15 is 0 Å². The number of halogens is 2. The fourth-order valence-corrected chi connectivity index (χ4v) is 2.03. The Kier molecular flexibility index (Phi) is 3.87. The molecule has 0 aliphatic carbocycles. The molecule has 4 nitrogen and oxygen atoms in total. The predicted octanol–water partition coefficient (Wildman–Crippen LogP) is 3.99. The van der Waals surface area contributed by atoms with Crippen LogP contribution in [0.15, 0.2) is 27.4 Å². The van der Waals surface area contributed by atoms with Crippen molar-refractivity contribution in [1.82, 2.24) is 9.97 Å². The van der Waals surface area contributed by atoms with Crippen molar-refractivity contribution in [1.29, 1.82) is 0 Å². The van der Waals surface area contributed by atoms with Crippen LogP contribution in [-0.2, 0) is 0 Å². The molecule has 2 aromatic rings. The van der Waals surface area contributed by atoms with E-state index in [1.54, 1.807) is 0 Å². The number of rotatable bonds is 2. The van der Waals surface area contributed by atoms with Crippen molar-refractivity contribution >= 4 is 37.7 Å². The molecule has 0 bridgehead atoms. The van der Waals surface area contributed by atoms with Gasteiger partial charge >= 0.3 is 0 Å². The van der Waals surface area contributed by atoms with Gasteiger partial charge in [0.05, 0.1) is 0 Å². The Balaban J connectivity index is 2.37. The maximum atomic E-state index is 5.71. The minimum Gasteiger partial charge on any atom is -0.438 e. The van der Waals surface area contributed by atoms with Crippen molar-refractivity contribution in [2.24, 2.45) is 0 Å². The number of aryl methyl sites for hydroxylation is 2. The zero-order valence-corrected chi connectivity index (χ0v) is 13.0. The van der Waals surface area contributed by atoms with Gasteiger partial charge in [-0.25, -0.2) is 9.97 Å². The van der Waals surface area contributed by atoms with Crippen LogP contribution >= 0.6 is 31.9 Å². The van der Waals surface area contributed by atoms with Crippen LogP contribution in [0.25, 0.3) is 0 Å². The highest BCUT2D eigenvalue weighted by atomic mass is 79.9. The molecule has 1 aromatic heterocycles. The summed E-state index contributed by atoms with van der Waals surface area (Å²) in [7, 11) is 0. The maximum absolute atomic E-state index is 5.71. The van der Waals surface area contributed by atoms with E-state index in [9.17, 15) is 0 Å². The summed E-state index contributed by atoms with van der Waals surface area (Å²) in [6, 6.07) is 3.86. The van der Waals surface area contributed by atoms with Crippen molar-refractivity contribution in [3.05, 3.63) is 38.5 Å². The SMILES string of the molecule is Cc1cc(Oc2ncnc(N)c2Br)cc(C)c1Br. The molecular weight excluding hydrogens is 362 g/mol. The lowest BCUT2D eigenvalue weighted by atomic mass is 10.1. The van der Waals surface area contributed by atoms with Gasteiger partial charge in [-0.1, -0.05) is 15.9 Å². The summed E-state index contributed by atoms with van der Waals surface area (Å²) >= 11 is 6.82. The Labute approximate surface area is 122 Å². The number of nitrogen functional groups attached to an aromatic ring is 1. The maximum Gasteiger partial charge on any atom is 0.238 e. The van der Waals surface area contributed by atoms with Gasteiger partial charge in [0.2, 0.25) is 5.88 Å². The molecule has 94 valence electrons. The van der Waals surface area contributed by atoms with E-state index in [0.29, 0.717) is 21.9 Å². The standard InChI is InChI=1S/C12H11Br2N3O/c1-6-3-8(4-7(2)9(6)13)18-12-10(14)11(15)16-5-17-12/h3-5H,1-2H3,(H2,15,16,17). The Bertz CT molecular complexity index is 579. The van der Waals surface area contributed by atoms with Gasteiger partial charge in [-0.15, -0.1) is 0 Å². The minimum absolute atomic E-state index is 0.352. The number of hydrogen-bond donors (Lipinski definition) is 1. The smallest absolute Gasteiger partial charge is 0.238 e. The summed E-state index contributed by atoms with van der Waals surface area (Å²) in [6.45, 7) is 4.01. The lowest BCUT2D eigenvalue weighted by molar-refractivity contribution is 0.458. The van der Waals surface area contributed by atoms with E-state index in [-0.39, 0.29) is 0 Å². The van der Waals surface area contributed by atoms with Gasteiger partial charge in [-0.2, -0.15) is 0 Å². The summed E-state index contributed by atoms with van der Waals surface area (Å²) < 4.78 is 7.35. The van der Waals surface area contributed by atoms with Gasteiger partial charge in [-0.05, 0) is 53.0 Å². The molecule has 0 saturated carbocycles. The first kappa shape index (κ1) is 13.3. The van der Waals surface area contributed by atoms with Crippen molar-refractivity contribution in [2.45, 2.75) is 13.8 Å². The van der Waals surface area contributed by atoms with Crippen molar-refractivity contribution in [3.63, 3.8) is 0 Å². The number of anilines is 1. The molecule has 2 N–H and O–H groups in total. The van der Waals surface area contributed by atoms with Gasteiger partial charge < -0.3 is 10.5 Å². The molecular formula is C12H11Br2N3O. The Morgan fingerprint density at radius 2 is 1.67 bits per heavy atom. The lowest BCUT2D eigenvalue weighted by Crippen LogP contribution is -1.97. The highest BCUT2D eigenvalue weighted by Crippen LogP contribution is 2.33. The average Bonchev–Trinajstić information content (AvgIpc) is 2.32. The van der Waals surface area contributed by atoms with Gasteiger partial charge in [0.15, 0.2) is 0 Å². The van der Waals surface area contributed by atoms with Crippen LogP contribution in [0.3, 0.4) is 0 Å². The molecule has 1 aromatic carbocycles. The van der Waals surface area contributed by atoms with Crippen LogP contribution < -0.4 is 10.5 Å². The predicted molar refractivity (Wildman–Crippen MR) is 77.8 cm³/mol. The van der Waals surface area contributed by atoms with Crippen molar-refractivity contribution in [2.75, 3.05) is 5.73 Å². The Hall–Kier alpha value is -1.14. The summed E-state index contributed by atoms with van der Waals surface area (Å²) in [5.41, 5.74) is 7.87. The molecule has 0 fully saturated rings. The second kappa shape index (κ2) is 5.24. The van der Waals surface area contributed by atoms with Gasteiger partial charge in [-0.3, -0.25) is 0 Å². The molecule has 0 radical (unpaired) electrons. The van der Waals surface area contributed by atoms with Crippen LogP contribution in [0.2, 0.25) is 0 Å². The third-order valence-corrected chi connectivity index (χ3v) is 4.41. The second-order valence-corrected chi connectivity index (χ2v) is 5.44. The zero-order valence-electron chi connectivity index (χ0n) is 9.87. The van der Waals surface area contributed by atoms with Crippen molar-refractivity contribution < 1.29 is 4.74 Å². The third-order valence-electron chi connectivity index (χ3n) is 2.41. The van der Waals surface area contributed by atoms with Crippen LogP contribution in [0.1, 0.15) is 11.1 Å². The normalized spacial score (nSPS) is 10.4. The molecule has 2 rings (SSSR count). The molecule has 0 saturated heterocycles. The molecule has 0 amide bonds. The van der Waals surface area contributed by atoms with Gasteiger partial charge in [0.1, 0.15) is 22.4 Å². The molecule has 0 unspecified atom stereocenters. The molecule has 0 spiro atoms. The fourth-order valence-electron chi connectivity index (χ4n) is 1.51. The van der Waals surface area contributed by atoms with E-state index < -0.39 is 0 Å². The quantitative estimate of drug-likeness (QED) is 0.865. The van der Waals surface area contributed by atoms with Crippen LogP contribution in [0.5, 0.6) is 11.6 Å². The highest BCUT2D eigenvalue weighted by Gasteiger charge is 2.10. The van der Waals surface area contributed by atoms with Crippen LogP contribution in [0.4, 0.5) is 5.82 Å². The number of hydrogen-bond acceptors (Lipinski definition) is 4. The minimum atomic E-state index is 0.352. The molecule has 0 aliphatic heterocycles. The number of nitrogens with two attached hydrogens (primary N) is 1. The molecule has 0 aliphatic rings. The third kappa shape index (κ3) is 2.64. The largest absolute Gasteiger partial charge is 0.438 e. The summed E-state index contributed by atoms with van der Waals surface area (Å²) in [4.78, 5) is 7.91. The first-order valence-corrected chi connectivity index (χ1v) is 6.78. The highest BCUT2D eigenvalue weighted by molar-refractivity contribution is 9.11. The van der Waals surface area contributed by atoms with E-state index in [4.69, 9.17) is 10.5 Å². The van der Waals surface area contributed by atoms with E-state index in [2.05, 4.69) is 41.8 Å². The van der Waals surface area contributed by atoms with Gasteiger partial charge in [0, 0.05) is 4.47 Å². The number of aromatic nitrogens is 2. The Morgan fingerprint density at radius 3 is 2.28 bits per heavy atom. The topological polar surface area (TPSA) is 61.0 Å². The number of benzene rings is 1. The first-order chi connectivity index (χ1) is 8.49. The summed E-state index contributed by atoms with van der Waals surface area (Å²) in [6.07, 6.45) is 1.37. The monoisotopic (exact) mass is 371 g/mol.